The van der Waals surface area contributed by atoms with E-state index >= 15 is 0 Å². The van der Waals surface area contributed by atoms with Crippen molar-refractivity contribution in [3.05, 3.63) is 101 Å². The van der Waals surface area contributed by atoms with Crippen molar-refractivity contribution < 1.29 is 19.1 Å². The monoisotopic (exact) mass is 458 g/mol. The molecule has 6 heteroatoms. The normalized spacial score (nSPS) is 10.6. The van der Waals surface area contributed by atoms with Crippen LogP contribution in [0.1, 0.15) is 34.6 Å². The van der Waals surface area contributed by atoms with Crippen LogP contribution < -0.4 is 5.32 Å². The lowest BCUT2D eigenvalue weighted by atomic mass is 9.89. The van der Waals surface area contributed by atoms with E-state index in [1.807, 2.05) is 92.7 Å². The Morgan fingerprint density at radius 1 is 0.824 bits per heavy atom. The van der Waals surface area contributed by atoms with Gasteiger partial charge in [0, 0.05) is 18.7 Å². The molecule has 0 spiro atoms. The number of aryl methyl sites for hydroxylation is 2. The van der Waals surface area contributed by atoms with Crippen molar-refractivity contribution in [2.24, 2.45) is 0 Å². The number of hydrogen-bond acceptors (Lipinski definition) is 4. The van der Waals surface area contributed by atoms with Crippen LogP contribution in [0.15, 0.2) is 78.9 Å². The van der Waals surface area contributed by atoms with E-state index in [4.69, 9.17) is 4.74 Å². The number of carbonyl (C=O) groups excluding carboxylic acids is 3. The molecule has 34 heavy (non-hydrogen) atoms. The smallest absolute Gasteiger partial charge is 0.307 e. The van der Waals surface area contributed by atoms with Crippen molar-refractivity contribution in [2.75, 3.05) is 25.5 Å². The molecule has 1 N–H and O–H groups in total. The van der Waals surface area contributed by atoms with Gasteiger partial charge in [-0.3, -0.25) is 14.4 Å². The average Bonchev–Trinajstić information content (AvgIpc) is 2.84. The van der Waals surface area contributed by atoms with Gasteiger partial charge in [0.1, 0.15) is 0 Å². The number of likely N-dealkylation sites (N-methyl/N-ethyl adjacent to an activating group) is 1. The number of nitrogens with zero attached hydrogens (tertiary/aromatic N) is 1. The molecule has 0 radical (unpaired) electrons. The van der Waals surface area contributed by atoms with Gasteiger partial charge in [-0.1, -0.05) is 78.9 Å². The minimum Gasteiger partial charge on any atom is -0.456 e. The molecule has 0 heterocycles. The summed E-state index contributed by atoms with van der Waals surface area (Å²) in [5.74, 6) is -1.40. The lowest BCUT2D eigenvalue weighted by Crippen LogP contribution is -2.37. The zero-order valence-electron chi connectivity index (χ0n) is 19.8. The predicted molar refractivity (Wildman–Crippen MR) is 132 cm³/mol. The van der Waals surface area contributed by atoms with Gasteiger partial charge in [0.05, 0.1) is 13.0 Å². The maximum Gasteiger partial charge on any atom is 0.307 e. The standard InChI is InChI=1S/C28H30N2O4/c1-20-11-10-12-21(2)28(20)29-25(31)18-30(3)26(32)19-34-27(33)17-24(22-13-6-4-7-14-22)23-15-8-5-9-16-23/h4-16,24H,17-19H2,1-3H3,(H,29,31). The summed E-state index contributed by atoms with van der Waals surface area (Å²) in [7, 11) is 1.51. The molecule has 0 fully saturated rings. The van der Waals surface area contributed by atoms with Crippen LogP contribution in [0.25, 0.3) is 0 Å². The molecule has 176 valence electrons. The second kappa shape index (κ2) is 11.8. The first-order valence-corrected chi connectivity index (χ1v) is 11.2. The number of benzene rings is 3. The van der Waals surface area contributed by atoms with Gasteiger partial charge in [-0.25, -0.2) is 0 Å². The molecule has 3 rings (SSSR count). The molecule has 0 aromatic heterocycles. The predicted octanol–water partition coefficient (Wildman–Crippen LogP) is 4.47. The Morgan fingerprint density at radius 3 is 1.88 bits per heavy atom. The van der Waals surface area contributed by atoms with Crippen LogP contribution in [-0.4, -0.2) is 42.9 Å². The molecule has 0 atom stereocenters. The number of nitrogens with one attached hydrogen (secondary N) is 1. The fraction of sp³-hybridized carbons (Fsp3) is 0.250. The topological polar surface area (TPSA) is 75.7 Å². The van der Waals surface area contributed by atoms with Gasteiger partial charge >= 0.3 is 5.97 Å². The maximum atomic E-state index is 12.6. The summed E-state index contributed by atoms with van der Waals surface area (Å²) in [6.45, 7) is 3.27. The van der Waals surface area contributed by atoms with Gasteiger partial charge < -0.3 is 15.0 Å². The summed E-state index contributed by atoms with van der Waals surface area (Å²) in [4.78, 5) is 38.7. The van der Waals surface area contributed by atoms with Crippen LogP contribution in [0.2, 0.25) is 0 Å². The Bertz CT molecular complexity index is 1070. The lowest BCUT2D eigenvalue weighted by Gasteiger charge is -2.19. The van der Waals surface area contributed by atoms with Crippen LogP contribution in [0, 0.1) is 13.8 Å². The van der Waals surface area contributed by atoms with Crippen molar-refractivity contribution >= 4 is 23.5 Å². The zero-order chi connectivity index (χ0) is 24.5. The largest absolute Gasteiger partial charge is 0.456 e. The highest BCUT2D eigenvalue weighted by molar-refractivity contribution is 5.96. The second-order valence-electron chi connectivity index (χ2n) is 8.30. The van der Waals surface area contributed by atoms with Crippen LogP contribution in [0.4, 0.5) is 5.69 Å². The Hall–Kier alpha value is -3.93. The molecule has 0 bridgehead atoms. The summed E-state index contributed by atoms with van der Waals surface area (Å²) in [5.41, 5.74) is 4.63. The molecule has 3 aromatic carbocycles. The number of ether oxygens (including phenoxy) is 1. The minimum absolute atomic E-state index is 0.109. The first-order chi connectivity index (χ1) is 16.3. The summed E-state index contributed by atoms with van der Waals surface area (Å²) in [5, 5.41) is 2.85. The Morgan fingerprint density at radius 2 is 1.35 bits per heavy atom. The van der Waals surface area contributed by atoms with Gasteiger partial charge in [-0.05, 0) is 36.1 Å². The molecule has 3 aromatic rings. The van der Waals surface area contributed by atoms with Crippen molar-refractivity contribution in [1.29, 1.82) is 0 Å². The van der Waals surface area contributed by atoms with E-state index in [1.54, 1.807) is 0 Å². The van der Waals surface area contributed by atoms with E-state index < -0.39 is 18.5 Å². The van der Waals surface area contributed by atoms with Crippen molar-refractivity contribution in [2.45, 2.75) is 26.2 Å². The second-order valence-corrected chi connectivity index (χ2v) is 8.30. The van der Waals surface area contributed by atoms with E-state index in [9.17, 15) is 14.4 Å². The fourth-order valence-electron chi connectivity index (χ4n) is 3.77. The Kier molecular flexibility index (Phi) is 8.57. The van der Waals surface area contributed by atoms with Gasteiger partial charge in [0.25, 0.3) is 5.91 Å². The molecular formula is C28H30N2O4. The quantitative estimate of drug-likeness (QED) is 0.480. The summed E-state index contributed by atoms with van der Waals surface area (Å²) in [6.07, 6.45) is 0.109. The minimum atomic E-state index is -0.473. The molecule has 0 aliphatic heterocycles. The number of rotatable bonds is 9. The highest BCUT2D eigenvalue weighted by Gasteiger charge is 2.21. The van der Waals surface area contributed by atoms with Gasteiger partial charge in [0.2, 0.25) is 5.91 Å². The van der Waals surface area contributed by atoms with Gasteiger partial charge in [-0.2, -0.15) is 0 Å². The average molecular weight is 459 g/mol. The molecule has 0 unspecified atom stereocenters. The molecule has 0 aliphatic rings. The van der Waals surface area contributed by atoms with Crippen LogP contribution in [-0.2, 0) is 19.1 Å². The highest BCUT2D eigenvalue weighted by atomic mass is 16.5. The van der Waals surface area contributed by atoms with Crippen molar-refractivity contribution in [3.63, 3.8) is 0 Å². The number of para-hydroxylation sites is 1. The van der Waals surface area contributed by atoms with Crippen LogP contribution in [0.3, 0.4) is 0 Å². The number of hydrogen-bond donors (Lipinski definition) is 1. The molecular weight excluding hydrogens is 428 g/mol. The molecule has 0 saturated heterocycles. The van der Waals surface area contributed by atoms with E-state index in [0.717, 1.165) is 27.9 Å². The summed E-state index contributed by atoms with van der Waals surface area (Å²) >= 11 is 0. The van der Waals surface area contributed by atoms with Gasteiger partial charge in [0.15, 0.2) is 6.61 Å². The van der Waals surface area contributed by atoms with E-state index in [2.05, 4.69) is 5.32 Å². The summed E-state index contributed by atoms with van der Waals surface area (Å²) in [6, 6.07) is 25.2. The first-order valence-electron chi connectivity index (χ1n) is 11.2. The number of carbonyl (C=O) groups is 3. The first kappa shape index (κ1) is 24.7. The SMILES string of the molecule is Cc1cccc(C)c1NC(=O)CN(C)C(=O)COC(=O)CC(c1ccccc1)c1ccccc1. The Labute approximate surface area is 200 Å². The third-order valence-electron chi connectivity index (χ3n) is 5.68. The molecule has 0 aliphatic carbocycles. The van der Waals surface area contributed by atoms with E-state index in [1.165, 1.54) is 11.9 Å². The zero-order valence-corrected chi connectivity index (χ0v) is 19.8. The van der Waals surface area contributed by atoms with Crippen LogP contribution >= 0.6 is 0 Å². The lowest BCUT2D eigenvalue weighted by molar-refractivity contribution is -0.152. The third-order valence-corrected chi connectivity index (χ3v) is 5.68. The van der Waals surface area contributed by atoms with Crippen LogP contribution in [0.5, 0.6) is 0 Å². The number of anilines is 1. The molecule has 2 amide bonds. The maximum absolute atomic E-state index is 12.6. The summed E-state index contributed by atoms with van der Waals surface area (Å²) < 4.78 is 5.27. The van der Waals surface area contributed by atoms with Crippen molar-refractivity contribution in [1.82, 2.24) is 4.90 Å². The fourth-order valence-corrected chi connectivity index (χ4v) is 3.77. The van der Waals surface area contributed by atoms with E-state index in [-0.39, 0.29) is 24.8 Å². The van der Waals surface area contributed by atoms with E-state index in [0.29, 0.717) is 0 Å². The number of amides is 2. The van der Waals surface area contributed by atoms with Gasteiger partial charge in [-0.15, -0.1) is 0 Å². The third kappa shape index (κ3) is 6.78. The number of esters is 1. The van der Waals surface area contributed by atoms with Crippen molar-refractivity contribution in [3.8, 4) is 0 Å². The Balaban J connectivity index is 1.54. The highest BCUT2D eigenvalue weighted by Crippen LogP contribution is 2.28. The molecule has 0 saturated carbocycles. The molecule has 6 nitrogen and oxygen atoms in total.